The third kappa shape index (κ3) is 3.02. The molecule has 1 aromatic carbocycles. The molecule has 0 spiro atoms. The molecule has 5 atom stereocenters. The first kappa shape index (κ1) is 15.0. The van der Waals surface area contributed by atoms with Crippen molar-refractivity contribution >= 4 is 0 Å². The summed E-state index contributed by atoms with van der Waals surface area (Å²) in [6.45, 7) is -0.493. The SMILES string of the molecule is COc1ccc(O[C@H]2O[C@H](CO)[C@@H](O)[C@@H](O)[C@@H]2O)cc1. The van der Waals surface area contributed by atoms with E-state index in [-0.39, 0.29) is 0 Å². The molecule has 1 saturated heterocycles. The molecule has 2 rings (SSSR count). The van der Waals surface area contributed by atoms with Crippen LogP contribution in [0, 0.1) is 0 Å². The van der Waals surface area contributed by atoms with Gasteiger partial charge in [0.25, 0.3) is 0 Å². The van der Waals surface area contributed by atoms with Crippen molar-refractivity contribution in [2.45, 2.75) is 30.7 Å². The highest BCUT2D eigenvalue weighted by Crippen LogP contribution is 2.25. The van der Waals surface area contributed by atoms with Gasteiger partial charge in [-0.2, -0.15) is 0 Å². The predicted octanol–water partition coefficient (Wildman–Crippen LogP) is -1.13. The van der Waals surface area contributed by atoms with E-state index in [9.17, 15) is 15.3 Å². The Morgan fingerprint density at radius 3 is 2.15 bits per heavy atom. The zero-order valence-corrected chi connectivity index (χ0v) is 10.9. The van der Waals surface area contributed by atoms with Crippen molar-refractivity contribution < 1.29 is 34.6 Å². The van der Waals surface area contributed by atoms with Gasteiger partial charge in [-0.15, -0.1) is 0 Å². The van der Waals surface area contributed by atoms with Crippen molar-refractivity contribution in [2.24, 2.45) is 0 Å². The lowest BCUT2D eigenvalue weighted by Crippen LogP contribution is -2.60. The zero-order chi connectivity index (χ0) is 14.7. The number of ether oxygens (including phenoxy) is 3. The summed E-state index contributed by atoms with van der Waals surface area (Å²) in [5.41, 5.74) is 0. The van der Waals surface area contributed by atoms with Crippen molar-refractivity contribution in [3.8, 4) is 11.5 Å². The predicted molar refractivity (Wildman–Crippen MR) is 67.4 cm³/mol. The third-order valence-corrected chi connectivity index (χ3v) is 3.16. The van der Waals surface area contributed by atoms with Crippen LogP contribution in [-0.4, -0.2) is 64.8 Å². The summed E-state index contributed by atoms with van der Waals surface area (Å²) < 4.78 is 15.6. The molecule has 0 amide bonds. The van der Waals surface area contributed by atoms with Crippen LogP contribution in [-0.2, 0) is 4.74 Å². The van der Waals surface area contributed by atoms with Crippen molar-refractivity contribution in [3.63, 3.8) is 0 Å². The zero-order valence-electron chi connectivity index (χ0n) is 10.9. The Kier molecular flexibility index (Phi) is 4.79. The first-order valence-electron chi connectivity index (χ1n) is 6.18. The van der Waals surface area contributed by atoms with E-state index in [1.165, 1.54) is 7.11 Å². The maximum absolute atomic E-state index is 9.82. The van der Waals surface area contributed by atoms with E-state index in [1.54, 1.807) is 24.3 Å². The van der Waals surface area contributed by atoms with Crippen LogP contribution in [0.5, 0.6) is 11.5 Å². The number of aliphatic hydroxyl groups is 4. The maximum atomic E-state index is 9.82. The molecule has 0 bridgehead atoms. The van der Waals surface area contributed by atoms with Gasteiger partial charge in [-0.3, -0.25) is 0 Å². The van der Waals surface area contributed by atoms with E-state index < -0.39 is 37.3 Å². The molecule has 112 valence electrons. The van der Waals surface area contributed by atoms with Gasteiger partial charge >= 0.3 is 0 Å². The van der Waals surface area contributed by atoms with E-state index >= 15 is 0 Å². The van der Waals surface area contributed by atoms with Crippen LogP contribution in [0.3, 0.4) is 0 Å². The minimum absolute atomic E-state index is 0.398. The fourth-order valence-electron chi connectivity index (χ4n) is 1.95. The van der Waals surface area contributed by atoms with Crippen LogP contribution in [0.2, 0.25) is 0 Å². The van der Waals surface area contributed by atoms with Crippen molar-refractivity contribution in [1.29, 1.82) is 0 Å². The van der Waals surface area contributed by atoms with Gasteiger partial charge in [0.2, 0.25) is 6.29 Å². The summed E-state index contributed by atoms with van der Waals surface area (Å²) in [6.07, 6.45) is -6.44. The first-order chi connectivity index (χ1) is 9.56. The van der Waals surface area contributed by atoms with Gasteiger partial charge in [-0.1, -0.05) is 0 Å². The summed E-state index contributed by atoms with van der Waals surface area (Å²) in [4.78, 5) is 0. The van der Waals surface area contributed by atoms with Crippen LogP contribution < -0.4 is 9.47 Å². The second kappa shape index (κ2) is 6.38. The van der Waals surface area contributed by atoms with E-state index in [0.717, 1.165) is 0 Å². The molecule has 0 unspecified atom stereocenters. The molecule has 7 heteroatoms. The van der Waals surface area contributed by atoms with Crippen LogP contribution in [0.4, 0.5) is 0 Å². The fourth-order valence-corrected chi connectivity index (χ4v) is 1.95. The van der Waals surface area contributed by atoms with Crippen molar-refractivity contribution in [1.82, 2.24) is 0 Å². The molecular weight excluding hydrogens is 268 g/mol. The molecule has 20 heavy (non-hydrogen) atoms. The number of rotatable bonds is 4. The highest BCUT2D eigenvalue weighted by Gasteiger charge is 2.44. The van der Waals surface area contributed by atoms with E-state index in [1.807, 2.05) is 0 Å². The normalized spacial score (nSPS) is 33.8. The van der Waals surface area contributed by atoms with Crippen molar-refractivity contribution in [2.75, 3.05) is 13.7 Å². The lowest BCUT2D eigenvalue weighted by molar-refractivity contribution is -0.277. The van der Waals surface area contributed by atoms with Gasteiger partial charge < -0.3 is 34.6 Å². The second-order valence-electron chi connectivity index (χ2n) is 4.49. The number of aliphatic hydroxyl groups excluding tert-OH is 4. The minimum Gasteiger partial charge on any atom is -0.497 e. The summed E-state index contributed by atoms with van der Waals surface area (Å²) in [5.74, 6) is 1.04. The summed E-state index contributed by atoms with van der Waals surface area (Å²) in [5, 5.41) is 38.2. The minimum atomic E-state index is -1.45. The Morgan fingerprint density at radius 1 is 1.00 bits per heavy atom. The van der Waals surface area contributed by atoms with Gasteiger partial charge in [0, 0.05) is 0 Å². The molecule has 1 aromatic rings. The lowest BCUT2D eigenvalue weighted by atomic mass is 9.99. The number of hydrogen-bond acceptors (Lipinski definition) is 7. The largest absolute Gasteiger partial charge is 0.497 e. The molecule has 1 aliphatic rings. The number of methoxy groups -OCH3 is 1. The van der Waals surface area contributed by atoms with Gasteiger partial charge in [0.05, 0.1) is 13.7 Å². The Bertz CT molecular complexity index is 419. The van der Waals surface area contributed by atoms with E-state index in [2.05, 4.69) is 0 Å². The molecule has 0 aromatic heterocycles. The number of hydrogen-bond donors (Lipinski definition) is 4. The molecule has 0 radical (unpaired) electrons. The number of benzene rings is 1. The van der Waals surface area contributed by atoms with Gasteiger partial charge in [-0.05, 0) is 24.3 Å². The molecule has 7 nitrogen and oxygen atoms in total. The van der Waals surface area contributed by atoms with E-state index in [4.69, 9.17) is 19.3 Å². The van der Waals surface area contributed by atoms with Crippen LogP contribution in [0.1, 0.15) is 0 Å². The maximum Gasteiger partial charge on any atom is 0.229 e. The summed E-state index contributed by atoms with van der Waals surface area (Å²) >= 11 is 0. The molecule has 4 N–H and O–H groups in total. The Balaban J connectivity index is 2.06. The standard InChI is InChI=1S/C13H18O7/c1-18-7-2-4-8(5-3-7)19-13-12(17)11(16)10(15)9(6-14)20-13/h2-5,9-17H,6H2,1H3/t9-,10-,11-,12+,13+/m1/s1. The Hall–Kier alpha value is -1.38. The highest BCUT2D eigenvalue weighted by atomic mass is 16.7. The lowest BCUT2D eigenvalue weighted by Gasteiger charge is -2.39. The summed E-state index contributed by atoms with van der Waals surface area (Å²) in [6, 6.07) is 6.55. The Morgan fingerprint density at radius 2 is 1.60 bits per heavy atom. The van der Waals surface area contributed by atoms with E-state index in [0.29, 0.717) is 11.5 Å². The van der Waals surface area contributed by atoms with Crippen LogP contribution in [0.25, 0.3) is 0 Å². The monoisotopic (exact) mass is 286 g/mol. The average Bonchev–Trinajstić information content (AvgIpc) is 2.48. The molecule has 1 aliphatic heterocycles. The topological polar surface area (TPSA) is 109 Å². The summed E-state index contributed by atoms with van der Waals surface area (Å²) in [7, 11) is 1.54. The molecule has 1 heterocycles. The van der Waals surface area contributed by atoms with Crippen molar-refractivity contribution in [3.05, 3.63) is 24.3 Å². The molecule has 0 saturated carbocycles. The van der Waals surface area contributed by atoms with Crippen LogP contribution in [0.15, 0.2) is 24.3 Å². The van der Waals surface area contributed by atoms with Gasteiger partial charge in [0.1, 0.15) is 35.9 Å². The molecule has 0 aliphatic carbocycles. The smallest absolute Gasteiger partial charge is 0.229 e. The van der Waals surface area contributed by atoms with Crippen LogP contribution >= 0.6 is 0 Å². The second-order valence-corrected chi connectivity index (χ2v) is 4.49. The fraction of sp³-hybridized carbons (Fsp3) is 0.538. The quantitative estimate of drug-likeness (QED) is 0.555. The Labute approximate surface area is 115 Å². The van der Waals surface area contributed by atoms with Gasteiger partial charge in [0.15, 0.2) is 0 Å². The molecule has 1 fully saturated rings. The first-order valence-corrected chi connectivity index (χ1v) is 6.18. The highest BCUT2D eigenvalue weighted by molar-refractivity contribution is 5.31. The van der Waals surface area contributed by atoms with Gasteiger partial charge in [-0.25, -0.2) is 0 Å². The average molecular weight is 286 g/mol. The molecular formula is C13H18O7. The third-order valence-electron chi connectivity index (χ3n) is 3.16.